The van der Waals surface area contributed by atoms with Crippen molar-refractivity contribution in [3.63, 3.8) is 0 Å². The molecule has 5 rings (SSSR count). The van der Waals surface area contributed by atoms with E-state index in [0.717, 1.165) is 22.1 Å². The van der Waals surface area contributed by atoms with Gasteiger partial charge in [-0.2, -0.15) is 22.3 Å². The number of benzene rings is 2. The summed E-state index contributed by atoms with van der Waals surface area (Å²) in [6, 6.07) is 16.2. The summed E-state index contributed by atoms with van der Waals surface area (Å²) in [5.74, 6) is -1.89. The molecule has 2 aromatic heterocycles. The zero-order chi connectivity index (χ0) is 28.2. The van der Waals surface area contributed by atoms with Gasteiger partial charge in [-0.25, -0.2) is 9.78 Å². The number of halogens is 4. The second-order valence-electron chi connectivity index (χ2n) is 8.71. The second-order valence-corrected chi connectivity index (χ2v) is 9.81. The van der Waals surface area contributed by atoms with E-state index in [1.54, 1.807) is 30.5 Å². The molecule has 206 valence electrons. The summed E-state index contributed by atoms with van der Waals surface area (Å²) < 4.78 is 66.3. The maximum atomic E-state index is 13.1. The summed E-state index contributed by atoms with van der Waals surface area (Å²) in [4.78, 5) is 17.2. The standard InChI is InChI=1S/C28H20F4N2O5S/c29-27(30)38-23-5-2-17(12-24(23)39-28(31)32)21(11-16-7-9-34(36)10-8-16)18-3-6-25(33-14-18)40-20-4-1-19-15-37-26(35)22(19)13-20/h1-10,12-14,21,27-28H,11,15H2. The van der Waals surface area contributed by atoms with Crippen molar-refractivity contribution in [3.05, 3.63) is 112 Å². The Morgan fingerprint density at radius 2 is 1.65 bits per heavy atom. The van der Waals surface area contributed by atoms with E-state index in [0.29, 0.717) is 32.9 Å². The van der Waals surface area contributed by atoms with E-state index in [1.165, 1.54) is 36.3 Å². The number of hydrogen-bond acceptors (Lipinski definition) is 7. The Labute approximate surface area is 229 Å². The number of ether oxygens (including phenoxy) is 3. The van der Waals surface area contributed by atoms with Gasteiger partial charge in [-0.15, -0.1) is 0 Å². The van der Waals surface area contributed by atoms with E-state index in [4.69, 9.17) is 4.74 Å². The summed E-state index contributed by atoms with van der Waals surface area (Å²) in [6.45, 7) is -6.23. The zero-order valence-corrected chi connectivity index (χ0v) is 21.3. The molecule has 0 saturated carbocycles. The van der Waals surface area contributed by atoms with Crippen LogP contribution in [0, 0.1) is 5.21 Å². The number of aromatic nitrogens is 2. The summed E-state index contributed by atoms with van der Waals surface area (Å²) in [6.07, 6.45) is 4.64. The lowest BCUT2D eigenvalue weighted by molar-refractivity contribution is -0.605. The van der Waals surface area contributed by atoms with Crippen molar-refractivity contribution in [1.82, 2.24) is 4.98 Å². The fraction of sp³-hybridized carbons (Fsp3) is 0.179. The maximum absolute atomic E-state index is 13.1. The molecule has 7 nitrogen and oxygen atoms in total. The van der Waals surface area contributed by atoms with Gasteiger partial charge in [0.1, 0.15) is 11.6 Å². The number of carbonyl (C=O) groups is 1. The van der Waals surface area contributed by atoms with Crippen LogP contribution in [0.2, 0.25) is 0 Å². The Bertz CT molecular complexity index is 1500. The van der Waals surface area contributed by atoms with Gasteiger partial charge in [-0.1, -0.05) is 30.0 Å². The van der Waals surface area contributed by atoms with Crippen LogP contribution in [0.25, 0.3) is 0 Å². The van der Waals surface area contributed by atoms with Crippen LogP contribution < -0.4 is 14.2 Å². The number of carbonyl (C=O) groups excluding carboxylic acids is 1. The Hall–Kier alpha value is -4.32. The third kappa shape index (κ3) is 6.45. The topological polar surface area (TPSA) is 84.6 Å². The van der Waals surface area contributed by atoms with Crippen molar-refractivity contribution in [2.45, 2.75) is 42.1 Å². The molecule has 0 amide bonds. The molecule has 1 aliphatic heterocycles. The SMILES string of the molecule is O=C1OCc2ccc(Sc3ccc(C(Cc4cc[n+]([O-])cc4)c4ccc(OC(F)F)c(OC(F)F)c4)cn3)cc21. The monoisotopic (exact) mass is 572 g/mol. The van der Waals surface area contributed by atoms with Gasteiger partial charge in [-0.3, -0.25) is 0 Å². The van der Waals surface area contributed by atoms with Gasteiger partial charge in [0.15, 0.2) is 23.9 Å². The largest absolute Gasteiger partial charge is 0.619 e. The van der Waals surface area contributed by atoms with Crippen LogP contribution in [-0.2, 0) is 17.8 Å². The highest BCUT2D eigenvalue weighted by molar-refractivity contribution is 7.99. The number of pyridine rings is 2. The molecule has 1 unspecified atom stereocenters. The molecule has 1 aliphatic rings. The first-order valence-corrected chi connectivity index (χ1v) is 12.7. The number of cyclic esters (lactones) is 1. The van der Waals surface area contributed by atoms with Crippen molar-refractivity contribution in [1.29, 1.82) is 0 Å². The predicted molar refractivity (Wildman–Crippen MR) is 135 cm³/mol. The molecule has 0 fully saturated rings. The minimum Gasteiger partial charge on any atom is -0.619 e. The number of hydrogen-bond donors (Lipinski definition) is 0. The highest BCUT2D eigenvalue weighted by Gasteiger charge is 2.23. The number of fused-ring (bicyclic) bond motifs is 1. The number of nitrogens with zero attached hydrogens (tertiary/aromatic N) is 2. The highest BCUT2D eigenvalue weighted by Crippen LogP contribution is 2.37. The molecule has 0 aliphatic carbocycles. The Morgan fingerprint density at radius 3 is 2.35 bits per heavy atom. The van der Waals surface area contributed by atoms with Crippen LogP contribution in [-0.4, -0.2) is 24.2 Å². The van der Waals surface area contributed by atoms with E-state index in [-0.39, 0.29) is 12.6 Å². The van der Waals surface area contributed by atoms with Gasteiger partial charge in [0, 0.05) is 34.7 Å². The van der Waals surface area contributed by atoms with Crippen molar-refractivity contribution in [2.24, 2.45) is 0 Å². The molecule has 40 heavy (non-hydrogen) atoms. The molecular weight excluding hydrogens is 552 g/mol. The zero-order valence-electron chi connectivity index (χ0n) is 20.5. The third-order valence-corrected chi connectivity index (χ3v) is 7.10. The molecule has 0 radical (unpaired) electrons. The van der Waals surface area contributed by atoms with E-state index < -0.39 is 30.6 Å². The molecule has 0 bridgehead atoms. The molecule has 0 N–H and O–H groups in total. The summed E-state index contributed by atoms with van der Waals surface area (Å²) in [5.41, 5.74) is 3.29. The predicted octanol–water partition coefficient (Wildman–Crippen LogP) is 6.11. The van der Waals surface area contributed by atoms with Crippen LogP contribution in [0.1, 0.15) is 38.5 Å². The average molecular weight is 573 g/mol. The minimum absolute atomic E-state index is 0.253. The van der Waals surface area contributed by atoms with Crippen LogP contribution >= 0.6 is 11.8 Å². The number of rotatable bonds is 10. The Balaban J connectivity index is 1.45. The lowest BCUT2D eigenvalue weighted by Gasteiger charge is -2.20. The Morgan fingerprint density at radius 1 is 0.925 bits per heavy atom. The quantitative estimate of drug-likeness (QED) is 0.0981. The van der Waals surface area contributed by atoms with Gasteiger partial charge in [-0.05, 0) is 53.4 Å². The third-order valence-electron chi connectivity index (χ3n) is 6.16. The fourth-order valence-electron chi connectivity index (χ4n) is 4.30. The van der Waals surface area contributed by atoms with Crippen LogP contribution in [0.3, 0.4) is 0 Å². The normalized spacial score (nSPS) is 13.3. The number of esters is 1. The van der Waals surface area contributed by atoms with E-state index >= 15 is 0 Å². The smallest absolute Gasteiger partial charge is 0.387 e. The molecule has 4 aromatic rings. The van der Waals surface area contributed by atoms with Gasteiger partial charge >= 0.3 is 19.2 Å². The van der Waals surface area contributed by atoms with Crippen LogP contribution in [0.4, 0.5) is 17.6 Å². The van der Waals surface area contributed by atoms with Crippen molar-refractivity contribution in [2.75, 3.05) is 0 Å². The first-order chi connectivity index (χ1) is 19.2. The minimum atomic E-state index is -3.26. The van der Waals surface area contributed by atoms with Crippen molar-refractivity contribution in [3.8, 4) is 11.5 Å². The molecule has 3 heterocycles. The number of alkyl halides is 4. The van der Waals surface area contributed by atoms with E-state index in [1.807, 2.05) is 18.2 Å². The molecular formula is C28H20F4N2O5S. The summed E-state index contributed by atoms with van der Waals surface area (Å²) in [7, 11) is 0. The first-order valence-electron chi connectivity index (χ1n) is 11.9. The van der Waals surface area contributed by atoms with Crippen LogP contribution in [0.15, 0.2) is 89.2 Å². The van der Waals surface area contributed by atoms with Gasteiger partial charge in [0.25, 0.3) is 0 Å². The Kier molecular flexibility index (Phi) is 8.06. The highest BCUT2D eigenvalue weighted by atomic mass is 32.2. The first kappa shape index (κ1) is 27.3. The van der Waals surface area contributed by atoms with Gasteiger partial charge in [0.2, 0.25) is 0 Å². The van der Waals surface area contributed by atoms with E-state index in [2.05, 4.69) is 14.5 Å². The molecule has 0 saturated heterocycles. The lowest BCUT2D eigenvalue weighted by Crippen LogP contribution is -2.24. The fourth-order valence-corrected chi connectivity index (χ4v) is 5.10. The lowest BCUT2D eigenvalue weighted by atomic mass is 9.87. The average Bonchev–Trinajstić information content (AvgIpc) is 3.29. The summed E-state index contributed by atoms with van der Waals surface area (Å²) >= 11 is 1.35. The summed E-state index contributed by atoms with van der Waals surface area (Å²) in [5, 5.41) is 12.1. The molecule has 2 aromatic carbocycles. The molecule has 1 atom stereocenters. The maximum Gasteiger partial charge on any atom is 0.387 e. The van der Waals surface area contributed by atoms with Gasteiger partial charge in [0.05, 0.1) is 5.56 Å². The van der Waals surface area contributed by atoms with E-state index in [9.17, 15) is 27.6 Å². The molecule has 12 heteroatoms. The van der Waals surface area contributed by atoms with Gasteiger partial charge < -0.3 is 19.4 Å². The van der Waals surface area contributed by atoms with Crippen LogP contribution in [0.5, 0.6) is 11.5 Å². The van der Waals surface area contributed by atoms with Crippen molar-refractivity contribution >= 4 is 17.7 Å². The second kappa shape index (κ2) is 11.8. The molecule has 0 spiro atoms. The van der Waals surface area contributed by atoms with Crippen molar-refractivity contribution < 1.29 is 41.3 Å².